The lowest BCUT2D eigenvalue weighted by Gasteiger charge is -2.34. The fourth-order valence-electron chi connectivity index (χ4n) is 5.48. The Kier molecular flexibility index (Phi) is 9.84. The number of nitrogens with zero attached hydrogens (tertiary/aromatic N) is 3. The number of rotatable bonds is 10. The average Bonchev–Trinajstić information content (AvgIpc) is 3.36. The minimum Gasteiger partial charge on any atom is -0.489 e. The van der Waals surface area contributed by atoms with Gasteiger partial charge in [-0.3, -0.25) is 9.10 Å². The average molecular weight is 629 g/mol. The number of aromatic nitrogens is 1. The molecule has 2 aromatic carbocycles. The third-order valence-corrected chi connectivity index (χ3v) is 8.90. The highest BCUT2D eigenvalue weighted by Gasteiger charge is 2.31. The summed E-state index contributed by atoms with van der Waals surface area (Å²) >= 11 is 0. The molecule has 240 valence electrons. The number of ether oxygens (including phenoxy) is 2. The number of anilines is 1. The lowest BCUT2D eigenvalue weighted by molar-refractivity contribution is 0.00548. The first-order valence-corrected chi connectivity index (χ1v) is 16.8. The molecule has 0 aliphatic carbocycles. The van der Waals surface area contributed by atoms with Crippen LogP contribution in [0, 0.1) is 0 Å². The Bertz CT molecular complexity index is 1610. The van der Waals surface area contributed by atoms with Crippen LogP contribution in [0.15, 0.2) is 42.6 Å². The highest BCUT2D eigenvalue weighted by atomic mass is 32.2. The van der Waals surface area contributed by atoms with Crippen molar-refractivity contribution in [1.29, 1.82) is 0 Å². The van der Waals surface area contributed by atoms with Crippen molar-refractivity contribution >= 4 is 38.6 Å². The summed E-state index contributed by atoms with van der Waals surface area (Å²) < 4.78 is 37.4. The van der Waals surface area contributed by atoms with Crippen molar-refractivity contribution in [2.24, 2.45) is 0 Å². The van der Waals surface area contributed by atoms with E-state index in [0.717, 1.165) is 22.7 Å². The molecule has 2 atom stereocenters. The maximum absolute atomic E-state index is 13.5. The van der Waals surface area contributed by atoms with Crippen LogP contribution >= 0.6 is 0 Å². The van der Waals surface area contributed by atoms with Crippen LogP contribution in [-0.2, 0) is 21.2 Å². The van der Waals surface area contributed by atoms with Gasteiger partial charge in [-0.25, -0.2) is 13.2 Å². The molecule has 44 heavy (non-hydrogen) atoms. The second-order valence-corrected chi connectivity index (χ2v) is 14.0. The van der Waals surface area contributed by atoms with E-state index >= 15 is 0 Å². The lowest BCUT2D eigenvalue weighted by Crippen LogP contribution is -2.45. The summed E-state index contributed by atoms with van der Waals surface area (Å²) in [6, 6.07) is 10.1. The van der Waals surface area contributed by atoms with E-state index in [0.29, 0.717) is 42.1 Å². The second kappa shape index (κ2) is 13.1. The first-order valence-electron chi connectivity index (χ1n) is 14.9. The van der Waals surface area contributed by atoms with Gasteiger partial charge in [-0.2, -0.15) is 0 Å². The van der Waals surface area contributed by atoms with Crippen LogP contribution in [0.25, 0.3) is 10.9 Å². The Morgan fingerprint density at radius 2 is 1.86 bits per heavy atom. The minimum absolute atomic E-state index is 0.0505. The number of aliphatic hydroxyl groups excluding tert-OH is 1. The predicted octanol–water partition coefficient (Wildman–Crippen LogP) is 4.71. The molecule has 1 aromatic heterocycles. The summed E-state index contributed by atoms with van der Waals surface area (Å²) in [4.78, 5) is 33.2. The summed E-state index contributed by atoms with van der Waals surface area (Å²) in [5, 5.41) is 12.2. The molecule has 0 saturated heterocycles. The van der Waals surface area contributed by atoms with Crippen LogP contribution in [0.1, 0.15) is 69.1 Å². The maximum Gasteiger partial charge on any atom is 0.410 e. The molecule has 12 heteroatoms. The molecule has 2 heterocycles. The number of sulfonamides is 1. The monoisotopic (exact) mass is 628 g/mol. The molecule has 4 rings (SSSR count). The van der Waals surface area contributed by atoms with Gasteiger partial charge in [-0.05, 0) is 77.3 Å². The number of benzene rings is 2. The third kappa shape index (κ3) is 7.29. The number of nitrogens with one attached hydrogen (secondary N) is 1. The number of hydrogen-bond donors (Lipinski definition) is 2. The van der Waals surface area contributed by atoms with E-state index < -0.39 is 33.9 Å². The SMILES string of the molecule is CCN(CC)C(=O)c1cccc2c(C[C@@H](C)N(C[C@H](O)c3ccc4c(c3)N(S(C)(=O)=O)CCO4)C(=O)OC(C)(C)C)c[nH]c12. The summed E-state index contributed by atoms with van der Waals surface area (Å²) in [5.74, 6) is 0.360. The molecular formula is C32H44N4O7S. The van der Waals surface area contributed by atoms with Crippen LogP contribution in [0.2, 0.25) is 0 Å². The Labute approximate surface area is 259 Å². The topological polar surface area (TPSA) is 132 Å². The number of fused-ring (bicyclic) bond motifs is 2. The highest BCUT2D eigenvalue weighted by Crippen LogP contribution is 2.36. The number of H-pyrrole nitrogens is 1. The van der Waals surface area contributed by atoms with Gasteiger partial charge in [0.25, 0.3) is 5.91 Å². The Morgan fingerprint density at radius 3 is 2.50 bits per heavy atom. The van der Waals surface area contributed by atoms with E-state index in [1.165, 1.54) is 9.21 Å². The van der Waals surface area contributed by atoms with Crippen molar-refractivity contribution in [2.75, 3.05) is 43.3 Å². The smallest absolute Gasteiger partial charge is 0.410 e. The quantitative estimate of drug-likeness (QED) is 0.332. The second-order valence-electron chi connectivity index (χ2n) is 12.1. The van der Waals surface area contributed by atoms with Crippen LogP contribution < -0.4 is 9.04 Å². The van der Waals surface area contributed by atoms with Gasteiger partial charge in [-0.1, -0.05) is 18.2 Å². The van der Waals surface area contributed by atoms with Gasteiger partial charge in [0.2, 0.25) is 10.0 Å². The molecule has 0 fully saturated rings. The van der Waals surface area contributed by atoms with Crippen molar-refractivity contribution in [2.45, 2.75) is 65.7 Å². The number of para-hydroxylation sites is 1. The highest BCUT2D eigenvalue weighted by molar-refractivity contribution is 7.92. The normalized spacial score (nSPS) is 14.9. The summed E-state index contributed by atoms with van der Waals surface area (Å²) in [6.07, 6.45) is 1.69. The Balaban J connectivity index is 1.63. The molecule has 0 bridgehead atoms. The maximum atomic E-state index is 13.5. The molecule has 1 aliphatic rings. The van der Waals surface area contributed by atoms with Crippen molar-refractivity contribution < 1.29 is 32.6 Å². The van der Waals surface area contributed by atoms with Gasteiger partial charge in [0, 0.05) is 30.7 Å². The first-order chi connectivity index (χ1) is 20.6. The summed E-state index contributed by atoms with van der Waals surface area (Å²) in [5.41, 5.74) is 2.27. The number of hydrogen-bond acceptors (Lipinski definition) is 7. The lowest BCUT2D eigenvalue weighted by atomic mass is 10.0. The number of aliphatic hydroxyl groups is 1. The number of aromatic amines is 1. The standard InChI is InChI=1S/C32H44N4O7S/c1-8-34(9-2)30(38)25-12-10-11-24-23(19-33-29(24)25)17-21(3)35(31(39)43-32(4,5)6)20-27(37)22-13-14-28-26(18-22)36(15-16-42-28)44(7,40)41/h10-14,18-19,21,27,33,37H,8-9,15-17,20H2,1-7H3/t21-,27+/m1/s1. The van der Waals surface area contributed by atoms with E-state index in [9.17, 15) is 23.1 Å². The molecule has 0 spiro atoms. The van der Waals surface area contributed by atoms with Gasteiger partial charge >= 0.3 is 6.09 Å². The van der Waals surface area contributed by atoms with Crippen molar-refractivity contribution in [1.82, 2.24) is 14.8 Å². The molecular weight excluding hydrogens is 584 g/mol. The van der Waals surface area contributed by atoms with Crippen molar-refractivity contribution in [3.8, 4) is 5.75 Å². The predicted molar refractivity (Wildman–Crippen MR) is 171 cm³/mol. The van der Waals surface area contributed by atoms with Gasteiger partial charge in [-0.15, -0.1) is 0 Å². The molecule has 11 nitrogen and oxygen atoms in total. The number of carbonyl (C=O) groups excluding carboxylic acids is 2. The molecule has 3 aromatic rings. The number of carbonyl (C=O) groups is 2. The summed E-state index contributed by atoms with van der Waals surface area (Å²) in [6.45, 7) is 12.6. The van der Waals surface area contributed by atoms with Gasteiger partial charge < -0.3 is 29.4 Å². The molecule has 0 radical (unpaired) electrons. The summed E-state index contributed by atoms with van der Waals surface area (Å²) in [7, 11) is -3.56. The molecule has 1 aliphatic heterocycles. The zero-order valence-electron chi connectivity index (χ0n) is 26.6. The fourth-order valence-corrected chi connectivity index (χ4v) is 6.38. The molecule has 0 unspecified atom stereocenters. The zero-order chi connectivity index (χ0) is 32.4. The Hall–Kier alpha value is -3.77. The van der Waals surface area contributed by atoms with E-state index in [1.54, 1.807) is 43.9 Å². The Morgan fingerprint density at radius 1 is 1.16 bits per heavy atom. The van der Waals surface area contributed by atoms with E-state index in [-0.39, 0.29) is 25.6 Å². The van der Waals surface area contributed by atoms with Crippen LogP contribution in [0.5, 0.6) is 5.75 Å². The molecule has 2 N–H and O–H groups in total. The minimum atomic E-state index is -3.56. The largest absolute Gasteiger partial charge is 0.489 e. The first kappa shape index (κ1) is 33.1. The van der Waals surface area contributed by atoms with E-state index in [2.05, 4.69) is 4.98 Å². The number of amides is 2. The van der Waals surface area contributed by atoms with Crippen LogP contribution in [-0.4, -0.2) is 91.0 Å². The molecule has 2 amide bonds. The third-order valence-electron chi connectivity index (χ3n) is 7.72. The van der Waals surface area contributed by atoms with E-state index in [4.69, 9.17) is 9.47 Å². The van der Waals surface area contributed by atoms with Gasteiger partial charge in [0.15, 0.2) is 0 Å². The van der Waals surface area contributed by atoms with Crippen molar-refractivity contribution in [3.05, 3.63) is 59.3 Å². The van der Waals surface area contributed by atoms with Gasteiger partial charge in [0.05, 0.1) is 42.2 Å². The van der Waals surface area contributed by atoms with E-state index in [1.807, 2.05) is 45.2 Å². The van der Waals surface area contributed by atoms with Crippen molar-refractivity contribution in [3.63, 3.8) is 0 Å². The van der Waals surface area contributed by atoms with Crippen LogP contribution in [0.4, 0.5) is 10.5 Å². The zero-order valence-corrected chi connectivity index (χ0v) is 27.4. The fraction of sp³-hybridized carbons (Fsp3) is 0.500. The van der Waals surface area contributed by atoms with Crippen LogP contribution in [0.3, 0.4) is 0 Å². The van der Waals surface area contributed by atoms with Gasteiger partial charge in [0.1, 0.15) is 18.0 Å². The molecule has 0 saturated carbocycles.